The molecule has 2 heterocycles. The second-order valence-electron chi connectivity index (χ2n) is 7.68. The highest BCUT2D eigenvalue weighted by Crippen LogP contribution is 2.32. The number of fused-ring (bicyclic) bond motifs is 1. The molecule has 0 bridgehead atoms. The van der Waals surface area contributed by atoms with Gasteiger partial charge >= 0.3 is 0 Å². The van der Waals surface area contributed by atoms with E-state index in [9.17, 15) is 4.79 Å². The lowest BCUT2D eigenvalue weighted by Gasteiger charge is -2.36. The second kappa shape index (κ2) is 8.81. The van der Waals surface area contributed by atoms with E-state index in [-0.39, 0.29) is 11.8 Å². The smallest absolute Gasteiger partial charge is 0.234 e. The third-order valence-electron chi connectivity index (χ3n) is 5.71. The Hall–Kier alpha value is -2.70. The van der Waals surface area contributed by atoms with Crippen LogP contribution >= 0.6 is 27.3 Å². The van der Waals surface area contributed by atoms with E-state index in [4.69, 9.17) is 4.98 Å². The van der Waals surface area contributed by atoms with E-state index in [1.807, 2.05) is 77.7 Å². The fourth-order valence-corrected chi connectivity index (χ4v) is 5.66. The van der Waals surface area contributed by atoms with Crippen LogP contribution in [-0.2, 0) is 4.79 Å². The van der Waals surface area contributed by atoms with Gasteiger partial charge in [-0.25, -0.2) is 4.98 Å². The molecular weight excluding hydrogens is 470 g/mol. The Balaban J connectivity index is 1.34. The van der Waals surface area contributed by atoms with Crippen LogP contribution < -0.4 is 4.90 Å². The minimum Gasteiger partial charge on any atom is -0.345 e. The lowest BCUT2D eigenvalue weighted by atomic mass is 9.90. The summed E-state index contributed by atoms with van der Waals surface area (Å²) < 4.78 is 2.24. The van der Waals surface area contributed by atoms with E-state index in [1.54, 1.807) is 11.3 Å². The number of carbonyl (C=O) groups excluding carboxylic acids is 1. The van der Waals surface area contributed by atoms with Gasteiger partial charge in [0.1, 0.15) is 0 Å². The first-order chi connectivity index (χ1) is 15.2. The first-order valence-electron chi connectivity index (χ1n) is 10.4. The SMILES string of the molecule is O=C(C(c1ccccc1)c1ccccc1)N1CCN(c2nc3ccc(Br)cc3s2)CC1. The van der Waals surface area contributed by atoms with Crippen LogP contribution in [0.4, 0.5) is 5.13 Å². The quantitative estimate of drug-likeness (QED) is 0.376. The fraction of sp³-hybridized carbons (Fsp3) is 0.200. The van der Waals surface area contributed by atoms with Gasteiger partial charge in [-0.2, -0.15) is 0 Å². The summed E-state index contributed by atoms with van der Waals surface area (Å²) in [5.41, 5.74) is 3.10. The average molecular weight is 492 g/mol. The van der Waals surface area contributed by atoms with Gasteiger partial charge in [0.05, 0.1) is 16.1 Å². The third kappa shape index (κ3) is 4.23. The topological polar surface area (TPSA) is 36.4 Å². The number of piperazine rings is 1. The molecule has 0 radical (unpaired) electrons. The zero-order valence-corrected chi connectivity index (χ0v) is 19.3. The van der Waals surface area contributed by atoms with Gasteiger partial charge in [0.2, 0.25) is 5.91 Å². The Morgan fingerprint density at radius 1 is 0.871 bits per heavy atom. The summed E-state index contributed by atoms with van der Waals surface area (Å²) in [5.74, 6) is -0.0981. The Morgan fingerprint density at radius 2 is 1.48 bits per heavy atom. The summed E-state index contributed by atoms with van der Waals surface area (Å²) in [4.78, 5) is 22.7. The van der Waals surface area contributed by atoms with E-state index in [1.165, 1.54) is 4.70 Å². The molecule has 1 aromatic heterocycles. The number of hydrogen-bond acceptors (Lipinski definition) is 4. The predicted octanol–water partition coefficient (Wildman–Crippen LogP) is 5.54. The molecule has 4 nitrogen and oxygen atoms in total. The van der Waals surface area contributed by atoms with E-state index in [2.05, 4.69) is 26.9 Å². The van der Waals surface area contributed by atoms with Gasteiger partial charge in [0.25, 0.3) is 0 Å². The molecule has 0 unspecified atom stereocenters. The number of hydrogen-bond donors (Lipinski definition) is 0. The molecule has 0 spiro atoms. The van der Waals surface area contributed by atoms with Crippen molar-refractivity contribution in [3.8, 4) is 0 Å². The molecule has 0 atom stereocenters. The summed E-state index contributed by atoms with van der Waals surface area (Å²) in [6, 6.07) is 26.4. The minimum absolute atomic E-state index is 0.172. The number of halogens is 1. The molecule has 4 aromatic rings. The summed E-state index contributed by atoms with van der Waals surface area (Å²) >= 11 is 5.24. The van der Waals surface area contributed by atoms with Crippen LogP contribution in [0.3, 0.4) is 0 Å². The zero-order chi connectivity index (χ0) is 21.2. The first kappa shape index (κ1) is 20.2. The molecule has 6 heteroatoms. The van der Waals surface area contributed by atoms with Gasteiger partial charge in [-0.3, -0.25) is 4.79 Å². The van der Waals surface area contributed by atoms with E-state index >= 15 is 0 Å². The van der Waals surface area contributed by atoms with Crippen LogP contribution in [0.15, 0.2) is 83.3 Å². The molecule has 1 aliphatic heterocycles. The molecule has 156 valence electrons. The number of benzene rings is 3. The van der Waals surface area contributed by atoms with Crippen LogP contribution in [0.5, 0.6) is 0 Å². The standard InChI is InChI=1S/C25H22BrN3OS/c26-20-11-12-21-22(17-20)31-25(27-21)29-15-13-28(14-16-29)24(30)23(18-7-3-1-4-8-18)19-9-5-2-6-10-19/h1-12,17,23H,13-16H2. The molecule has 3 aromatic carbocycles. The van der Waals surface area contributed by atoms with Crippen LogP contribution in [0, 0.1) is 0 Å². The maximum Gasteiger partial charge on any atom is 0.234 e. The average Bonchev–Trinajstić information content (AvgIpc) is 3.24. The van der Waals surface area contributed by atoms with Crippen LogP contribution in [0.2, 0.25) is 0 Å². The predicted molar refractivity (Wildman–Crippen MR) is 131 cm³/mol. The Labute approximate surface area is 194 Å². The highest BCUT2D eigenvalue weighted by Gasteiger charge is 2.30. The second-order valence-corrected chi connectivity index (χ2v) is 9.60. The summed E-state index contributed by atoms with van der Waals surface area (Å²) in [6.07, 6.45) is 0. The van der Waals surface area contributed by atoms with Crippen molar-refractivity contribution >= 4 is 48.5 Å². The normalized spacial score (nSPS) is 14.4. The van der Waals surface area contributed by atoms with Crippen molar-refractivity contribution in [1.29, 1.82) is 0 Å². The van der Waals surface area contributed by atoms with E-state index in [0.717, 1.165) is 39.3 Å². The van der Waals surface area contributed by atoms with E-state index < -0.39 is 0 Å². The lowest BCUT2D eigenvalue weighted by molar-refractivity contribution is -0.132. The summed E-state index contributed by atoms with van der Waals surface area (Å²) in [7, 11) is 0. The van der Waals surface area contributed by atoms with Gasteiger partial charge < -0.3 is 9.80 Å². The first-order valence-corrected chi connectivity index (χ1v) is 12.0. The number of carbonyl (C=O) groups is 1. The molecular formula is C25H22BrN3OS. The number of nitrogens with zero attached hydrogens (tertiary/aromatic N) is 3. The zero-order valence-electron chi connectivity index (χ0n) is 16.9. The van der Waals surface area contributed by atoms with Crippen molar-refractivity contribution in [2.75, 3.05) is 31.1 Å². The molecule has 1 amide bonds. The molecule has 0 saturated carbocycles. The molecule has 0 N–H and O–H groups in total. The maximum atomic E-state index is 13.6. The Kier molecular flexibility index (Phi) is 5.74. The highest BCUT2D eigenvalue weighted by atomic mass is 79.9. The van der Waals surface area contributed by atoms with Gasteiger partial charge in [-0.1, -0.05) is 87.9 Å². The summed E-state index contributed by atoms with van der Waals surface area (Å²) in [5, 5.41) is 1.03. The van der Waals surface area contributed by atoms with Crippen LogP contribution in [0.1, 0.15) is 17.0 Å². The van der Waals surface area contributed by atoms with Crippen molar-refractivity contribution in [2.24, 2.45) is 0 Å². The van der Waals surface area contributed by atoms with Crippen LogP contribution in [0.25, 0.3) is 10.2 Å². The van der Waals surface area contributed by atoms with Crippen molar-refractivity contribution in [2.45, 2.75) is 5.92 Å². The number of aromatic nitrogens is 1. The maximum absolute atomic E-state index is 13.6. The number of rotatable bonds is 4. The Bertz CT molecular complexity index is 1150. The van der Waals surface area contributed by atoms with Crippen molar-refractivity contribution in [3.63, 3.8) is 0 Å². The van der Waals surface area contributed by atoms with Gasteiger partial charge in [-0.05, 0) is 29.3 Å². The largest absolute Gasteiger partial charge is 0.345 e. The molecule has 1 aliphatic rings. The van der Waals surface area contributed by atoms with Gasteiger partial charge in [0.15, 0.2) is 5.13 Å². The molecule has 5 rings (SSSR count). The lowest BCUT2D eigenvalue weighted by Crippen LogP contribution is -2.50. The monoisotopic (exact) mass is 491 g/mol. The highest BCUT2D eigenvalue weighted by molar-refractivity contribution is 9.10. The molecule has 1 saturated heterocycles. The molecule has 31 heavy (non-hydrogen) atoms. The van der Waals surface area contributed by atoms with Crippen molar-refractivity contribution < 1.29 is 4.79 Å². The van der Waals surface area contributed by atoms with E-state index in [0.29, 0.717) is 13.1 Å². The van der Waals surface area contributed by atoms with Gasteiger partial charge in [-0.15, -0.1) is 0 Å². The van der Waals surface area contributed by atoms with Crippen molar-refractivity contribution in [1.82, 2.24) is 9.88 Å². The number of amides is 1. The number of thiazole rings is 1. The fourth-order valence-electron chi connectivity index (χ4n) is 4.09. The third-order valence-corrected chi connectivity index (χ3v) is 7.29. The minimum atomic E-state index is -0.270. The summed E-state index contributed by atoms with van der Waals surface area (Å²) in [6.45, 7) is 3.00. The number of anilines is 1. The molecule has 0 aliphatic carbocycles. The van der Waals surface area contributed by atoms with Crippen molar-refractivity contribution in [3.05, 3.63) is 94.5 Å². The van der Waals surface area contributed by atoms with Crippen LogP contribution in [-0.4, -0.2) is 42.0 Å². The Morgan fingerprint density at radius 3 is 2.10 bits per heavy atom. The molecule has 1 fully saturated rings. The van der Waals surface area contributed by atoms with Gasteiger partial charge in [0, 0.05) is 30.7 Å².